The molecule has 5 heteroatoms. The van der Waals surface area contributed by atoms with E-state index in [1.165, 1.54) is 6.20 Å². The summed E-state index contributed by atoms with van der Waals surface area (Å²) >= 11 is 0. The van der Waals surface area contributed by atoms with E-state index in [2.05, 4.69) is 10.3 Å². The Morgan fingerprint density at radius 1 is 1.24 bits per heavy atom. The lowest BCUT2D eigenvalue weighted by Gasteiger charge is -2.08. The standard InChI is InChI=1S/C12H7F2N3/c13-10-4-8(6-15)5-11(14)12(10)17-9-2-1-3-16-7-9/h1-5,7,17H. The molecule has 0 spiro atoms. The molecule has 17 heavy (non-hydrogen) atoms. The van der Waals surface area contributed by atoms with Gasteiger partial charge in [0, 0.05) is 6.20 Å². The molecule has 0 amide bonds. The SMILES string of the molecule is N#Cc1cc(F)c(Nc2cccnc2)c(F)c1. The largest absolute Gasteiger partial charge is 0.349 e. The van der Waals surface area contributed by atoms with Gasteiger partial charge < -0.3 is 5.32 Å². The van der Waals surface area contributed by atoms with Crippen LogP contribution in [0.5, 0.6) is 0 Å². The lowest BCUT2D eigenvalue weighted by Crippen LogP contribution is -1.98. The fourth-order valence-electron chi connectivity index (χ4n) is 1.34. The van der Waals surface area contributed by atoms with Gasteiger partial charge in [0.2, 0.25) is 0 Å². The number of anilines is 2. The van der Waals surface area contributed by atoms with E-state index >= 15 is 0 Å². The molecular weight excluding hydrogens is 224 g/mol. The summed E-state index contributed by atoms with van der Waals surface area (Å²) in [6, 6.07) is 6.90. The molecule has 2 aromatic rings. The van der Waals surface area contributed by atoms with Gasteiger partial charge in [-0.1, -0.05) is 0 Å². The Hall–Kier alpha value is -2.48. The van der Waals surface area contributed by atoms with Crippen molar-refractivity contribution in [3.8, 4) is 6.07 Å². The number of pyridine rings is 1. The van der Waals surface area contributed by atoms with E-state index in [1.807, 2.05) is 0 Å². The molecule has 1 aromatic heterocycles. The molecule has 84 valence electrons. The van der Waals surface area contributed by atoms with Gasteiger partial charge in [0.25, 0.3) is 0 Å². The van der Waals surface area contributed by atoms with Crippen LogP contribution in [0.2, 0.25) is 0 Å². The van der Waals surface area contributed by atoms with Crippen molar-refractivity contribution in [1.29, 1.82) is 5.26 Å². The number of nitriles is 1. The molecule has 0 aliphatic carbocycles. The van der Waals surface area contributed by atoms with Gasteiger partial charge in [0.1, 0.15) is 5.69 Å². The second kappa shape index (κ2) is 4.58. The summed E-state index contributed by atoms with van der Waals surface area (Å²) < 4.78 is 27.0. The van der Waals surface area contributed by atoms with Crippen LogP contribution < -0.4 is 5.32 Å². The maximum Gasteiger partial charge on any atom is 0.150 e. The topological polar surface area (TPSA) is 48.7 Å². The molecule has 0 radical (unpaired) electrons. The molecule has 0 atom stereocenters. The molecule has 1 aromatic carbocycles. The van der Waals surface area contributed by atoms with Crippen LogP contribution in [0.15, 0.2) is 36.7 Å². The lowest BCUT2D eigenvalue weighted by atomic mass is 10.2. The van der Waals surface area contributed by atoms with Gasteiger partial charge in [-0.25, -0.2) is 8.78 Å². The van der Waals surface area contributed by atoms with Gasteiger partial charge >= 0.3 is 0 Å². The zero-order chi connectivity index (χ0) is 12.3. The second-order valence-electron chi connectivity index (χ2n) is 3.29. The maximum atomic E-state index is 13.5. The molecule has 0 aliphatic rings. The first-order chi connectivity index (χ1) is 8.20. The first-order valence-corrected chi connectivity index (χ1v) is 4.77. The van der Waals surface area contributed by atoms with E-state index in [0.717, 1.165) is 12.1 Å². The van der Waals surface area contributed by atoms with Crippen LogP contribution in [0.1, 0.15) is 5.56 Å². The highest BCUT2D eigenvalue weighted by atomic mass is 19.1. The summed E-state index contributed by atoms with van der Waals surface area (Å²) in [7, 11) is 0. The maximum absolute atomic E-state index is 13.5. The Kier molecular flexibility index (Phi) is 2.97. The fourth-order valence-corrected chi connectivity index (χ4v) is 1.34. The van der Waals surface area contributed by atoms with Crippen LogP contribution in [0.4, 0.5) is 20.2 Å². The zero-order valence-corrected chi connectivity index (χ0v) is 8.61. The van der Waals surface area contributed by atoms with Crippen molar-refractivity contribution in [2.75, 3.05) is 5.32 Å². The molecule has 3 nitrogen and oxygen atoms in total. The molecule has 0 unspecified atom stereocenters. The third kappa shape index (κ3) is 2.37. The zero-order valence-electron chi connectivity index (χ0n) is 8.61. The smallest absolute Gasteiger partial charge is 0.150 e. The quantitative estimate of drug-likeness (QED) is 0.864. The predicted molar refractivity (Wildman–Crippen MR) is 58.6 cm³/mol. The van der Waals surface area contributed by atoms with Crippen molar-refractivity contribution in [3.63, 3.8) is 0 Å². The molecule has 2 rings (SSSR count). The minimum absolute atomic E-state index is 0.0586. The summed E-state index contributed by atoms with van der Waals surface area (Å²) in [5.74, 6) is -1.63. The van der Waals surface area contributed by atoms with Crippen LogP contribution in [-0.2, 0) is 0 Å². The van der Waals surface area contributed by atoms with E-state index in [9.17, 15) is 8.78 Å². The predicted octanol–water partition coefficient (Wildman–Crippen LogP) is 2.98. The molecule has 0 bridgehead atoms. The van der Waals surface area contributed by atoms with Crippen molar-refractivity contribution in [2.24, 2.45) is 0 Å². The average molecular weight is 231 g/mol. The van der Waals surface area contributed by atoms with Crippen LogP contribution in [0, 0.1) is 23.0 Å². The molecule has 1 heterocycles. The monoisotopic (exact) mass is 231 g/mol. The summed E-state index contributed by atoms with van der Waals surface area (Å²) in [5.41, 5.74) is 0.115. The molecular formula is C12H7F2N3. The van der Waals surface area contributed by atoms with E-state index in [0.29, 0.717) is 5.69 Å². The number of aromatic nitrogens is 1. The minimum atomic E-state index is -0.814. The van der Waals surface area contributed by atoms with E-state index in [1.54, 1.807) is 24.4 Å². The lowest BCUT2D eigenvalue weighted by molar-refractivity contribution is 0.590. The van der Waals surface area contributed by atoms with Gasteiger partial charge in [0.15, 0.2) is 11.6 Å². The van der Waals surface area contributed by atoms with Crippen LogP contribution in [-0.4, -0.2) is 4.98 Å². The van der Waals surface area contributed by atoms with Crippen LogP contribution in [0.3, 0.4) is 0 Å². The van der Waals surface area contributed by atoms with Gasteiger partial charge in [-0.15, -0.1) is 0 Å². The van der Waals surface area contributed by atoms with Crippen molar-refractivity contribution in [3.05, 3.63) is 53.9 Å². The Bertz CT molecular complexity index is 553. The molecule has 0 aliphatic heterocycles. The van der Waals surface area contributed by atoms with E-state index in [-0.39, 0.29) is 11.3 Å². The highest BCUT2D eigenvalue weighted by molar-refractivity contribution is 5.61. The number of nitrogens with one attached hydrogen (secondary N) is 1. The normalized spacial score (nSPS) is 9.71. The number of rotatable bonds is 2. The van der Waals surface area contributed by atoms with Crippen molar-refractivity contribution in [1.82, 2.24) is 4.98 Å². The first kappa shape index (κ1) is 11.0. The Morgan fingerprint density at radius 3 is 2.47 bits per heavy atom. The third-order valence-corrected chi connectivity index (χ3v) is 2.10. The Labute approximate surface area is 96.3 Å². The Balaban J connectivity index is 2.38. The van der Waals surface area contributed by atoms with Crippen molar-refractivity contribution in [2.45, 2.75) is 0 Å². The average Bonchev–Trinajstić information content (AvgIpc) is 2.35. The van der Waals surface area contributed by atoms with Crippen LogP contribution in [0.25, 0.3) is 0 Å². The summed E-state index contributed by atoms with van der Waals surface area (Å²) in [6.07, 6.45) is 2.99. The number of hydrogen-bond donors (Lipinski definition) is 1. The van der Waals surface area contributed by atoms with Crippen molar-refractivity contribution >= 4 is 11.4 Å². The van der Waals surface area contributed by atoms with Crippen LogP contribution >= 0.6 is 0 Å². The second-order valence-corrected chi connectivity index (χ2v) is 3.29. The highest BCUT2D eigenvalue weighted by Gasteiger charge is 2.11. The minimum Gasteiger partial charge on any atom is -0.349 e. The highest BCUT2D eigenvalue weighted by Crippen LogP contribution is 2.24. The number of halogens is 2. The number of nitrogens with zero attached hydrogens (tertiary/aromatic N) is 2. The molecule has 1 N–H and O–H groups in total. The molecule has 0 saturated carbocycles. The number of hydrogen-bond acceptors (Lipinski definition) is 3. The van der Waals surface area contributed by atoms with Gasteiger partial charge in [-0.2, -0.15) is 5.26 Å². The third-order valence-electron chi connectivity index (χ3n) is 2.10. The fraction of sp³-hybridized carbons (Fsp3) is 0. The van der Waals surface area contributed by atoms with E-state index < -0.39 is 11.6 Å². The summed E-state index contributed by atoms with van der Waals surface area (Å²) in [5, 5.41) is 11.1. The number of benzene rings is 1. The van der Waals surface area contributed by atoms with Gasteiger partial charge in [-0.3, -0.25) is 4.98 Å². The molecule has 0 saturated heterocycles. The molecule has 0 fully saturated rings. The van der Waals surface area contributed by atoms with Gasteiger partial charge in [0.05, 0.1) is 23.5 Å². The van der Waals surface area contributed by atoms with Crippen molar-refractivity contribution < 1.29 is 8.78 Å². The van der Waals surface area contributed by atoms with E-state index in [4.69, 9.17) is 5.26 Å². The Morgan fingerprint density at radius 2 is 1.94 bits per heavy atom. The van der Waals surface area contributed by atoms with Gasteiger partial charge in [-0.05, 0) is 24.3 Å². The first-order valence-electron chi connectivity index (χ1n) is 4.77. The summed E-state index contributed by atoms with van der Waals surface area (Å²) in [6.45, 7) is 0. The summed E-state index contributed by atoms with van der Waals surface area (Å²) in [4.78, 5) is 3.81.